The standard InChI is InChI=1S/C19H17N5O5/c1-12-3-5-13(6-4-12)18(25)23-22-17-16(24(26)27)19(21-11-20-17)29-15-9-7-14(28-2)8-10-15/h3-11H,1-2H3,(H,23,25)(H,20,21,22). The van der Waals surface area contributed by atoms with E-state index in [-0.39, 0.29) is 11.7 Å². The second-order valence-electron chi connectivity index (χ2n) is 5.86. The SMILES string of the molecule is COc1ccc(Oc2ncnc(NNC(=O)c3ccc(C)cc3)c2[N+](=O)[O-])cc1. The molecule has 0 saturated carbocycles. The van der Waals surface area contributed by atoms with Crippen LogP contribution in [0.3, 0.4) is 0 Å². The third-order valence-electron chi connectivity index (χ3n) is 3.85. The van der Waals surface area contributed by atoms with Gasteiger partial charge in [-0.2, -0.15) is 4.98 Å². The molecule has 0 aliphatic carbocycles. The van der Waals surface area contributed by atoms with E-state index < -0.39 is 16.5 Å². The van der Waals surface area contributed by atoms with Gasteiger partial charge in [-0.25, -0.2) is 4.98 Å². The molecule has 29 heavy (non-hydrogen) atoms. The number of aryl methyl sites for hydroxylation is 1. The molecule has 0 aliphatic rings. The maximum absolute atomic E-state index is 12.2. The number of amides is 1. The number of ether oxygens (including phenoxy) is 2. The van der Waals surface area contributed by atoms with Crippen molar-refractivity contribution in [3.05, 3.63) is 76.1 Å². The van der Waals surface area contributed by atoms with Crippen molar-refractivity contribution in [2.24, 2.45) is 0 Å². The van der Waals surface area contributed by atoms with Crippen LogP contribution in [0.5, 0.6) is 17.4 Å². The quantitative estimate of drug-likeness (QED) is 0.461. The Balaban J connectivity index is 1.79. The van der Waals surface area contributed by atoms with E-state index in [0.29, 0.717) is 17.1 Å². The molecule has 0 spiro atoms. The van der Waals surface area contributed by atoms with Crippen LogP contribution in [0, 0.1) is 17.0 Å². The van der Waals surface area contributed by atoms with Crippen LogP contribution in [-0.4, -0.2) is 27.9 Å². The number of carbonyl (C=O) groups excluding carboxylic acids is 1. The Morgan fingerprint density at radius 2 is 1.69 bits per heavy atom. The molecular formula is C19H17N5O5. The van der Waals surface area contributed by atoms with E-state index in [1.807, 2.05) is 6.92 Å². The fraction of sp³-hybridized carbons (Fsp3) is 0.105. The number of hydrazine groups is 1. The first-order valence-electron chi connectivity index (χ1n) is 8.42. The first-order chi connectivity index (χ1) is 14.0. The topological polar surface area (TPSA) is 129 Å². The van der Waals surface area contributed by atoms with Crippen LogP contribution in [0.4, 0.5) is 11.5 Å². The summed E-state index contributed by atoms with van der Waals surface area (Å²) in [6.07, 6.45) is 1.09. The molecule has 1 aromatic heterocycles. The predicted octanol–water partition coefficient (Wildman–Crippen LogP) is 3.25. The minimum atomic E-state index is -0.695. The van der Waals surface area contributed by atoms with Crippen LogP contribution in [-0.2, 0) is 0 Å². The number of rotatable bonds is 7. The lowest BCUT2D eigenvalue weighted by atomic mass is 10.1. The van der Waals surface area contributed by atoms with Crippen molar-refractivity contribution < 1.29 is 19.2 Å². The molecule has 0 unspecified atom stereocenters. The van der Waals surface area contributed by atoms with E-state index in [1.165, 1.54) is 7.11 Å². The molecule has 3 aromatic rings. The van der Waals surface area contributed by atoms with Gasteiger partial charge in [0.25, 0.3) is 5.91 Å². The molecule has 3 rings (SSSR count). The monoisotopic (exact) mass is 395 g/mol. The highest BCUT2D eigenvalue weighted by Gasteiger charge is 2.25. The van der Waals surface area contributed by atoms with E-state index >= 15 is 0 Å². The summed E-state index contributed by atoms with van der Waals surface area (Å²) in [7, 11) is 1.52. The highest BCUT2D eigenvalue weighted by atomic mass is 16.6. The summed E-state index contributed by atoms with van der Waals surface area (Å²) in [6.45, 7) is 1.90. The smallest absolute Gasteiger partial charge is 0.374 e. The Labute approximate surface area is 165 Å². The first-order valence-corrected chi connectivity index (χ1v) is 8.42. The first kappa shape index (κ1) is 19.5. The van der Waals surface area contributed by atoms with Gasteiger partial charge in [0.15, 0.2) is 0 Å². The number of hydrogen-bond donors (Lipinski definition) is 2. The van der Waals surface area contributed by atoms with Gasteiger partial charge >= 0.3 is 11.6 Å². The lowest BCUT2D eigenvalue weighted by Crippen LogP contribution is -2.30. The molecule has 148 valence electrons. The van der Waals surface area contributed by atoms with E-state index in [4.69, 9.17) is 9.47 Å². The molecule has 0 radical (unpaired) electrons. The van der Waals surface area contributed by atoms with Gasteiger partial charge in [0.1, 0.15) is 17.8 Å². The number of nitro groups is 1. The number of methoxy groups -OCH3 is 1. The second kappa shape index (κ2) is 8.65. The molecule has 0 saturated heterocycles. The van der Waals surface area contributed by atoms with Gasteiger partial charge in [0.05, 0.1) is 12.0 Å². The summed E-state index contributed by atoms with van der Waals surface area (Å²) >= 11 is 0. The van der Waals surface area contributed by atoms with Crippen molar-refractivity contribution in [1.82, 2.24) is 15.4 Å². The Morgan fingerprint density at radius 3 is 2.31 bits per heavy atom. The fourth-order valence-electron chi connectivity index (χ4n) is 2.34. The van der Waals surface area contributed by atoms with E-state index in [2.05, 4.69) is 20.8 Å². The van der Waals surface area contributed by atoms with Crippen molar-refractivity contribution in [3.8, 4) is 17.4 Å². The predicted molar refractivity (Wildman–Crippen MR) is 104 cm³/mol. The van der Waals surface area contributed by atoms with Crippen LogP contribution in [0.2, 0.25) is 0 Å². The van der Waals surface area contributed by atoms with Gasteiger partial charge < -0.3 is 9.47 Å². The number of hydrogen-bond acceptors (Lipinski definition) is 8. The summed E-state index contributed by atoms with van der Waals surface area (Å²) in [5.41, 5.74) is 5.70. The molecule has 0 fully saturated rings. The Morgan fingerprint density at radius 1 is 1.03 bits per heavy atom. The Hall–Kier alpha value is -4.21. The van der Waals surface area contributed by atoms with Crippen LogP contribution in [0.25, 0.3) is 0 Å². The molecule has 0 bridgehead atoms. The minimum absolute atomic E-state index is 0.214. The van der Waals surface area contributed by atoms with Gasteiger partial charge in [0.2, 0.25) is 5.82 Å². The number of nitrogens with zero attached hydrogens (tertiary/aromatic N) is 3. The summed E-state index contributed by atoms with van der Waals surface area (Å²) in [4.78, 5) is 30.7. The third kappa shape index (κ3) is 4.75. The molecular weight excluding hydrogens is 378 g/mol. The van der Waals surface area contributed by atoms with Gasteiger partial charge in [0, 0.05) is 5.56 Å². The number of anilines is 1. The van der Waals surface area contributed by atoms with E-state index in [9.17, 15) is 14.9 Å². The maximum atomic E-state index is 12.2. The highest BCUT2D eigenvalue weighted by Crippen LogP contribution is 2.34. The minimum Gasteiger partial charge on any atom is -0.497 e. The molecule has 1 heterocycles. The van der Waals surface area contributed by atoms with Crippen LogP contribution >= 0.6 is 0 Å². The molecule has 1 amide bonds. The van der Waals surface area contributed by atoms with Crippen molar-refractivity contribution in [1.29, 1.82) is 0 Å². The third-order valence-corrected chi connectivity index (χ3v) is 3.85. The van der Waals surface area contributed by atoms with Crippen LogP contribution < -0.4 is 20.3 Å². The number of aromatic nitrogens is 2. The number of nitrogens with one attached hydrogen (secondary N) is 2. The van der Waals surface area contributed by atoms with Gasteiger partial charge in [-0.05, 0) is 43.3 Å². The Kier molecular flexibility index (Phi) is 5.83. The molecule has 0 atom stereocenters. The maximum Gasteiger partial charge on any atom is 0.374 e. The Bertz CT molecular complexity index is 1020. The van der Waals surface area contributed by atoms with Crippen molar-refractivity contribution in [2.75, 3.05) is 12.5 Å². The lowest BCUT2D eigenvalue weighted by molar-refractivity contribution is -0.385. The fourth-order valence-corrected chi connectivity index (χ4v) is 2.34. The second-order valence-corrected chi connectivity index (χ2v) is 5.86. The zero-order valence-corrected chi connectivity index (χ0v) is 15.6. The molecule has 10 nitrogen and oxygen atoms in total. The molecule has 2 N–H and O–H groups in total. The van der Waals surface area contributed by atoms with E-state index in [1.54, 1.807) is 48.5 Å². The zero-order chi connectivity index (χ0) is 20.8. The number of benzene rings is 2. The van der Waals surface area contributed by atoms with Crippen LogP contribution in [0.1, 0.15) is 15.9 Å². The largest absolute Gasteiger partial charge is 0.497 e. The average Bonchev–Trinajstić information content (AvgIpc) is 2.73. The van der Waals surface area contributed by atoms with Crippen molar-refractivity contribution in [2.45, 2.75) is 6.92 Å². The number of carbonyl (C=O) groups is 1. The van der Waals surface area contributed by atoms with E-state index in [0.717, 1.165) is 11.9 Å². The summed E-state index contributed by atoms with van der Waals surface area (Å²) in [5, 5.41) is 11.6. The summed E-state index contributed by atoms with van der Waals surface area (Å²) in [6, 6.07) is 13.3. The molecule has 10 heteroatoms. The van der Waals surface area contributed by atoms with Gasteiger partial charge in [-0.15, -0.1) is 0 Å². The zero-order valence-electron chi connectivity index (χ0n) is 15.6. The molecule has 0 aliphatic heterocycles. The van der Waals surface area contributed by atoms with Crippen molar-refractivity contribution in [3.63, 3.8) is 0 Å². The summed E-state index contributed by atoms with van der Waals surface area (Å²) in [5.74, 6) is -0.0373. The van der Waals surface area contributed by atoms with Crippen LogP contribution in [0.15, 0.2) is 54.9 Å². The highest BCUT2D eigenvalue weighted by molar-refractivity contribution is 5.95. The molecule has 2 aromatic carbocycles. The van der Waals surface area contributed by atoms with Gasteiger partial charge in [-0.3, -0.25) is 25.8 Å². The van der Waals surface area contributed by atoms with Crippen molar-refractivity contribution >= 4 is 17.4 Å². The summed E-state index contributed by atoms with van der Waals surface area (Å²) < 4.78 is 10.6. The average molecular weight is 395 g/mol. The normalized spacial score (nSPS) is 10.1. The lowest BCUT2D eigenvalue weighted by Gasteiger charge is -2.10. The van der Waals surface area contributed by atoms with Gasteiger partial charge in [-0.1, -0.05) is 17.7 Å².